The maximum atomic E-state index is 10.7. The number of anilines is 1. The molecule has 0 radical (unpaired) electrons. The predicted octanol–water partition coefficient (Wildman–Crippen LogP) is 6.39. The number of unbranched alkanes of at least 4 members (excludes halogenated alkanes) is 4. The van der Waals surface area contributed by atoms with Gasteiger partial charge in [-0.2, -0.15) is 10.2 Å². The van der Waals surface area contributed by atoms with Gasteiger partial charge in [0.2, 0.25) is 0 Å². The molecule has 1 N–H and O–H groups in total. The van der Waals surface area contributed by atoms with Crippen molar-refractivity contribution in [1.29, 1.82) is 0 Å². The van der Waals surface area contributed by atoms with Gasteiger partial charge in [0, 0.05) is 37.3 Å². The smallest absolute Gasteiger partial charge is 0.269 e. The lowest BCUT2D eigenvalue weighted by Gasteiger charge is -2.19. The molecule has 0 aliphatic rings. The Labute approximate surface area is 182 Å². The maximum absolute atomic E-state index is 10.7. The first-order valence-corrected chi connectivity index (χ1v) is 10.7. The number of nitrogens with zero attached hydrogens (tertiary/aromatic N) is 4. The molecule has 0 saturated heterocycles. The predicted molar refractivity (Wildman–Crippen MR) is 121 cm³/mol. The first-order valence-electron chi connectivity index (χ1n) is 10.2. The first kappa shape index (κ1) is 23.8. The number of nitro benzene ring substituents is 1. The molecular weight excluding hydrogens is 404 g/mol. The molecule has 0 fully saturated rings. The van der Waals surface area contributed by atoms with Gasteiger partial charge in [-0.05, 0) is 49.2 Å². The number of hydrogen-bond donors (Lipinski definition) is 1. The van der Waals surface area contributed by atoms with E-state index in [2.05, 4.69) is 22.2 Å². The highest BCUT2D eigenvalue weighted by molar-refractivity contribution is 6.18. The summed E-state index contributed by atoms with van der Waals surface area (Å²) < 4.78 is 0. The Bertz CT molecular complexity index is 797. The Kier molecular flexibility index (Phi) is 10.2. The van der Waals surface area contributed by atoms with Crippen LogP contribution in [0, 0.1) is 10.1 Å². The highest BCUT2D eigenvalue weighted by atomic mass is 35.5. The number of nitro groups is 1. The highest BCUT2D eigenvalue weighted by Gasteiger charge is 2.04. The van der Waals surface area contributed by atoms with Crippen molar-refractivity contribution in [2.45, 2.75) is 44.6 Å². The molecule has 0 amide bonds. The second kappa shape index (κ2) is 12.9. The molecule has 0 spiro atoms. The van der Waals surface area contributed by atoms with Crippen LogP contribution in [-0.2, 0) is 0 Å². The average molecular weight is 433 g/mol. The number of alkyl halides is 1. The van der Waals surface area contributed by atoms with Crippen molar-refractivity contribution >= 4 is 34.4 Å². The van der Waals surface area contributed by atoms with Crippen molar-refractivity contribution in [3.63, 3.8) is 0 Å². The lowest BCUT2D eigenvalue weighted by Crippen LogP contribution is -2.18. The van der Waals surface area contributed by atoms with E-state index in [9.17, 15) is 15.2 Å². The SMILES string of the molecule is CN(CCCCCCCC(O)CCl)c1ccc(N=Nc2ccc([N+](=O)[O-])cc2)cc1. The third kappa shape index (κ3) is 8.47. The minimum absolute atomic E-state index is 0.0338. The van der Waals surface area contributed by atoms with Gasteiger partial charge in [0.05, 0.1) is 22.4 Å². The maximum Gasteiger partial charge on any atom is 0.269 e. The van der Waals surface area contributed by atoms with Crippen LogP contribution in [0.2, 0.25) is 0 Å². The largest absolute Gasteiger partial charge is 0.392 e. The van der Waals surface area contributed by atoms with Crippen LogP contribution in [0.3, 0.4) is 0 Å². The van der Waals surface area contributed by atoms with Gasteiger partial charge in [-0.15, -0.1) is 11.6 Å². The summed E-state index contributed by atoms with van der Waals surface area (Å²) in [5, 5.41) is 28.4. The molecule has 0 aliphatic carbocycles. The molecule has 0 heterocycles. The Morgan fingerprint density at radius 1 is 0.967 bits per heavy atom. The molecule has 7 nitrogen and oxygen atoms in total. The number of non-ortho nitro benzene ring substituents is 1. The minimum atomic E-state index is -0.440. The van der Waals surface area contributed by atoms with Crippen LogP contribution in [0.25, 0.3) is 0 Å². The van der Waals surface area contributed by atoms with Gasteiger partial charge in [-0.3, -0.25) is 10.1 Å². The molecule has 1 atom stereocenters. The van der Waals surface area contributed by atoms with Crippen molar-refractivity contribution in [1.82, 2.24) is 0 Å². The molecule has 1 unspecified atom stereocenters. The van der Waals surface area contributed by atoms with Gasteiger partial charge in [0.15, 0.2) is 0 Å². The molecular formula is C22H29ClN4O3. The van der Waals surface area contributed by atoms with Crippen LogP contribution in [0.4, 0.5) is 22.7 Å². The van der Waals surface area contributed by atoms with E-state index < -0.39 is 4.92 Å². The quantitative estimate of drug-likeness (QED) is 0.130. The van der Waals surface area contributed by atoms with Crippen LogP contribution in [-0.4, -0.2) is 35.6 Å². The summed E-state index contributed by atoms with van der Waals surface area (Å²) in [5.74, 6) is 0.321. The summed E-state index contributed by atoms with van der Waals surface area (Å²) in [7, 11) is 2.07. The van der Waals surface area contributed by atoms with Gasteiger partial charge in [-0.1, -0.05) is 25.7 Å². The van der Waals surface area contributed by atoms with E-state index in [1.54, 1.807) is 12.1 Å². The molecule has 2 aromatic carbocycles. The lowest BCUT2D eigenvalue weighted by molar-refractivity contribution is -0.384. The standard InChI is InChI=1S/C22H29ClN4O3/c1-26(16-6-4-2-3-5-7-22(28)17-23)20-12-8-18(9-13-20)24-25-19-10-14-21(15-11-19)27(29)30/h8-15,22,28H,2-7,16-17H2,1H3. The van der Waals surface area contributed by atoms with Gasteiger partial charge in [0.25, 0.3) is 5.69 Å². The van der Waals surface area contributed by atoms with E-state index in [0.29, 0.717) is 11.6 Å². The molecule has 0 aliphatic heterocycles. The number of azo groups is 1. The van der Waals surface area contributed by atoms with Crippen LogP contribution in [0.15, 0.2) is 58.8 Å². The molecule has 0 aromatic heterocycles. The van der Waals surface area contributed by atoms with E-state index in [1.165, 1.54) is 25.0 Å². The number of halogens is 1. The Morgan fingerprint density at radius 3 is 2.07 bits per heavy atom. The average Bonchev–Trinajstić information content (AvgIpc) is 2.77. The molecule has 0 saturated carbocycles. The van der Waals surface area contributed by atoms with Gasteiger partial charge >= 0.3 is 0 Å². The van der Waals surface area contributed by atoms with Crippen molar-refractivity contribution in [3.05, 3.63) is 58.6 Å². The molecule has 30 heavy (non-hydrogen) atoms. The summed E-state index contributed by atoms with van der Waals surface area (Å²) in [6, 6.07) is 13.8. The van der Waals surface area contributed by atoms with Crippen LogP contribution in [0.1, 0.15) is 38.5 Å². The monoisotopic (exact) mass is 432 g/mol. The summed E-state index contributed by atoms with van der Waals surface area (Å²) >= 11 is 5.59. The normalized spacial score (nSPS) is 12.2. The van der Waals surface area contributed by atoms with Crippen molar-refractivity contribution in [2.24, 2.45) is 10.2 Å². The van der Waals surface area contributed by atoms with Crippen molar-refractivity contribution < 1.29 is 10.0 Å². The Balaban J connectivity index is 1.72. The summed E-state index contributed by atoms with van der Waals surface area (Å²) in [6.07, 6.45) is 6.04. The zero-order valence-electron chi connectivity index (χ0n) is 17.3. The van der Waals surface area contributed by atoms with E-state index >= 15 is 0 Å². The minimum Gasteiger partial charge on any atom is -0.392 e. The number of aliphatic hydroxyl groups is 1. The first-order chi connectivity index (χ1) is 14.5. The zero-order chi connectivity index (χ0) is 21.8. The van der Waals surface area contributed by atoms with Crippen LogP contribution < -0.4 is 4.90 Å². The number of aliphatic hydroxyl groups excluding tert-OH is 1. The molecule has 2 aromatic rings. The van der Waals surface area contributed by atoms with Gasteiger partial charge < -0.3 is 10.0 Å². The fraction of sp³-hybridized carbons (Fsp3) is 0.455. The summed E-state index contributed by atoms with van der Waals surface area (Å²) in [5.41, 5.74) is 2.45. The van der Waals surface area contributed by atoms with Gasteiger partial charge in [0.1, 0.15) is 0 Å². The van der Waals surface area contributed by atoms with E-state index in [-0.39, 0.29) is 11.8 Å². The highest BCUT2D eigenvalue weighted by Crippen LogP contribution is 2.23. The number of hydrogen-bond acceptors (Lipinski definition) is 6. The van der Waals surface area contributed by atoms with Crippen molar-refractivity contribution in [3.8, 4) is 0 Å². The van der Waals surface area contributed by atoms with E-state index in [1.807, 2.05) is 24.3 Å². The fourth-order valence-corrected chi connectivity index (χ4v) is 3.15. The van der Waals surface area contributed by atoms with Crippen LogP contribution >= 0.6 is 11.6 Å². The number of rotatable bonds is 13. The van der Waals surface area contributed by atoms with Crippen molar-refractivity contribution in [2.75, 3.05) is 24.4 Å². The third-order valence-corrected chi connectivity index (χ3v) is 5.20. The second-order valence-electron chi connectivity index (χ2n) is 7.28. The molecule has 0 bridgehead atoms. The topological polar surface area (TPSA) is 91.3 Å². The summed E-state index contributed by atoms with van der Waals surface area (Å²) in [4.78, 5) is 12.4. The Morgan fingerprint density at radius 2 is 1.50 bits per heavy atom. The molecule has 2 rings (SSSR count). The molecule has 162 valence electrons. The fourth-order valence-electron chi connectivity index (χ4n) is 3.00. The van der Waals surface area contributed by atoms with E-state index in [4.69, 9.17) is 11.6 Å². The van der Waals surface area contributed by atoms with E-state index in [0.717, 1.165) is 43.6 Å². The molecule has 8 heteroatoms. The Hall–Kier alpha value is -2.51. The summed E-state index contributed by atoms with van der Waals surface area (Å²) in [6.45, 7) is 0.980. The zero-order valence-corrected chi connectivity index (χ0v) is 18.0. The second-order valence-corrected chi connectivity index (χ2v) is 7.58. The van der Waals surface area contributed by atoms with Crippen LogP contribution in [0.5, 0.6) is 0 Å². The van der Waals surface area contributed by atoms with Gasteiger partial charge in [-0.25, -0.2) is 0 Å². The third-order valence-electron chi connectivity index (χ3n) is 4.84. The number of benzene rings is 2. The lowest BCUT2D eigenvalue weighted by atomic mass is 10.1.